The minimum absolute atomic E-state index is 0.00427. The molecular weight excluding hydrogens is 338 g/mol. The Morgan fingerprint density at radius 3 is 2.00 bits per heavy atom. The molecule has 0 fully saturated rings. The van der Waals surface area contributed by atoms with E-state index in [1.165, 1.54) is 24.3 Å². The van der Waals surface area contributed by atoms with Crippen molar-refractivity contribution in [2.45, 2.75) is 9.79 Å². The first-order valence-corrected chi connectivity index (χ1v) is 10.1. The molecule has 0 aliphatic heterocycles. The van der Waals surface area contributed by atoms with Crippen molar-refractivity contribution in [3.05, 3.63) is 54.6 Å². The van der Waals surface area contributed by atoms with Crippen molar-refractivity contribution < 1.29 is 21.6 Å². The molecular formula is C15H17NO5S2. The smallest absolute Gasteiger partial charge is 0.240 e. The van der Waals surface area contributed by atoms with Crippen LogP contribution in [0.4, 0.5) is 0 Å². The summed E-state index contributed by atoms with van der Waals surface area (Å²) in [5, 5.41) is 0. The Morgan fingerprint density at radius 1 is 0.870 bits per heavy atom. The van der Waals surface area contributed by atoms with Crippen LogP contribution in [-0.4, -0.2) is 36.2 Å². The van der Waals surface area contributed by atoms with Crippen LogP contribution in [0.1, 0.15) is 0 Å². The molecule has 0 bridgehead atoms. The summed E-state index contributed by atoms with van der Waals surface area (Å²) in [6.45, 7) is 0.287. The summed E-state index contributed by atoms with van der Waals surface area (Å²) in [6.07, 6.45) is 1.07. The largest absolute Gasteiger partial charge is 0.492 e. The first kappa shape index (κ1) is 17.5. The van der Waals surface area contributed by atoms with Crippen molar-refractivity contribution in [3.8, 4) is 5.75 Å². The maximum absolute atomic E-state index is 12.1. The van der Waals surface area contributed by atoms with Gasteiger partial charge in [0.1, 0.15) is 12.4 Å². The molecule has 0 atom stereocenters. The molecule has 0 aliphatic carbocycles. The summed E-state index contributed by atoms with van der Waals surface area (Å²) in [7, 11) is -7.05. The van der Waals surface area contributed by atoms with E-state index in [1.54, 1.807) is 12.1 Å². The number of nitrogens with one attached hydrogen (secondary N) is 1. The monoisotopic (exact) mass is 355 g/mol. The molecule has 124 valence electrons. The van der Waals surface area contributed by atoms with Crippen LogP contribution >= 0.6 is 0 Å². The Morgan fingerprint density at radius 2 is 1.43 bits per heavy atom. The molecule has 0 saturated carbocycles. The van der Waals surface area contributed by atoms with Crippen LogP contribution in [0.25, 0.3) is 0 Å². The van der Waals surface area contributed by atoms with Crippen molar-refractivity contribution in [1.82, 2.24) is 4.72 Å². The van der Waals surface area contributed by atoms with Crippen molar-refractivity contribution in [3.63, 3.8) is 0 Å². The summed E-state index contributed by atoms with van der Waals surface area (Å²) < 4.78 is 54.7. The number of hydrogen-bond donors (Lipinski definition) is 1. The molecule has 23 heavy (non-hydrogen) atoms. The molecule has 0 heterocycles. The Hall–Kier alpha value is -1.90. The van der Waals surface area contributed by atoms with Gasteiger partial charge in [0.25, 0.3) is 0 Å². The van der Waals surface area contributed by atoms with Crippen LogP contribution in [0, 0.1) is 0 Å². The molecule has 0 spiro atoms. The van der Waals surface area contributed by atoms with Crippen LogP contribution < -0.4 is 9.46 Å². The van der Waals surface area contributed by atoms with E-state index in [2.05, 4.69) is 4.72 Å². The SMILES string of the molecule is CS(=O)(=O)c1ccc(S(=O)(=O)NCCOc2ccccc2)cc1. The second-order valence-electron chi connectivity index (χ2n) is 4.80. The average molecular weight is 355 g/mol. The molecule has 2 rings (SSSR count). The van der Waals surface area contributed by atoms with Crippen LogP contribution in [0.15, 0.2) is 64.4 Å². The first-order chi connectivity index (χ1) is 10.8. The molecule has 2 aromatic carbocycles. The molecule has 6 nitrogen and oxygen atoms in total. The van der Waals surface area contributed by atoms with Gasteiger partial charge in [-0.05, 0) is 36.4 Å². The van der Waals surface area contributed by atoms with E-state index in [9.17, 15) is 16.8 Å². The number of benzene rings is 2. The molecule has 0 unspecified atom stereocenters. The number of para-hydroxylation sites is 1. The van der Waals surface area contributed by atoms with Gasteiger partial charge in [-0.2, -0.15) is 0 Å². The maximum Gasteiger partial charge on any atom is 0.240 e. The minimum Gasteiger partial charge on any atom is -0.492 e. The lowest BCUT2D eigenvalue weighted by Crippen LogP contribution is -2.28. The fraction of sp³-hybridized carbons (Fsp3) is 0.200. The van der Waals surface area contributed by atoms with Crippen LogP contribution in [0.2, 0.25) is 0 Å². The van der Waals surface area contributed by atoms with Gasteiger partial charge >= 0.3 is 0 Å². The zero-order valence-corrected chi connectivity index (χ0v) is 14.1. The third-order valence-corrected chi connectivity index (χ3v) is 5.57. The molecule has 0 aromatic heterocycles. The summed E-state index contributed by atoms with van der Waals surface area (Å²) >= 11 is 0. The maximum atomic E-state index is 12.1. The quantitative estimate of drug-likeness (QED) is 0.759. The molecule has 2 aromatic rings. The van der Waals surface area contributed by atoms with Gasteiger partial charge in [-0.15, -0.1) is 0 Å². The van der Waals surface area contributed by atoms with Gasteiger partial charge in [0, 0.05) is 12.8 Å². The van der Waals surface area contributed by atoms with E-state index >= 15 is 0 Å². The predicted molar refractivity (Wildman–Crippen MR) is 86.7 cm³/mol. The van der Waals surface area contributed by atoms with Crippen molar-refractivity contribution in [2.24, 2.45) is 0 Å². The van der Waals surface area contributed by atoms with Gasteiger partial charge < -0.3 is 4.74 Å². The zero-order chi connectivity index (χ0) is 16.9. The van der Waals surface area contributed by atoms with Crippen molar-refractivity contribution >= 4 is 19.9 Å². The second kappa shape index (κ2) is 7.12. The molecule has 0 aliphatic rings. The normalized spacial score (nSPS) is 12.0. The third-order valence-electron chi connectivity index (χ3n) is 2.97. The Kier molecular flexibility index (Phi) is 5.40. The number of ether oxygens (including phenoxy) is 1. The highest BCUT2D eigenvalue weighted by Gasteiger charge is 2.15. The molecule has 1 N–H and O–H groups in total. The molecule has 0 radical (unpaired) electrons. The Bertz CT molecular complexity index is 845. The minimum atomic E-state index is -3.70. The number of rotatable bonds is 7. The topological polar surface area (TPSA) is 89.5 Å². The van der Waals surface area contributed by atoms with E-state index < -0.39 is 19.9 Å². The van der Waals surface area contributed by atoms with E-state index in [-0.39, 0.29) is 22.9 Å². The lowest BCUT2D eigenvalue weighted by atomic mass is 10.3. The summed E-state index contributed by atoms with van der Waals surface area (Å²) in [5.74, 6) is 0.657. The predicted octanol–water partition coefficient (Wildman–Crippen LogP) is 1.45. The highest BCUT2D eigenvalue weighted by atomic mass is 32.2. The van der Waals surface area contributed by atoms with Crippen molar-refractivity contribution in [2.75, 3.05) is 19.4 Å². The van der Waals surface area contributed by atoms with E-state index in [0.717, 1.165) is 6.26 Å². The highest BCUT2D eigenvalue weighted by molar-refractivity contribution is 7.90. The number of sulfonamides is 1. The fourth-order valence-corrected chi connectivity index (χ4v) is 3.45. The fourth-order valence-electron chi connectivity index (χ4n) is 1.81. The lowest BCUT2D eigenvalue weighted by molar-refractivity contribution is 0.323. The van der Waals surface area contributed by atoms with Gasteiger partial charge in [-0.3, -0.25) is 0 Å². The van der Waals surface area contributed by atoms with E-state index in [0.29, 0.717) is 5.75 Å². The summed E-state index contributed by atoms with van der Waals surface area (Å²) in [5.41, 5.74) is 0. The Labute approximate surface area is 136 Å². The van der Waals surface area contributed by atoms with E-state index in [1.807, 2.05) is 18.2 Å². The number of sulfone groups is 1. The van der Waals surface area contributed by atoms with Crippen molar-refractivity contribution in [1.29, 1.82) is 0 Å². The zero-order valence-electron chi connectivity index (χ0n) is 12.5. The molecule has 0 amide bonds. The highest BCUT2D eigenvalue weighted by Crippen LogP contribution is 2.14. The van der Waals surface area contributed by atoms with Crippen LogP contribution in [-0.2, 0) is 19.9 Å². The standard InChI is InChI=1S/C15H17NO5S2/c1-22(17,18)14-7-9-15(10-8-14)23(19,20)16-11-12-21-13-5-3-2-4-6-13/h2-10,16H,11-12H2,1H3. The van der Waals surface area contributed by atoms with Gasteiger partial charge in [-0.25, -0.2) is 21.6 Å². The Balaban J connectivity index is 1.94. The molecule has 8 heteroatoms. The summed E-state index contributed by atoms with van der Waals surface area (Å²) in [4.78, 5) is 0.0773. The number of hydrogen-bond acceptors (Lipinski definition) is 5. The van der Waals surface area contributed by atoms with Gasteiger partial charge in [0.05, 0.1) is 9.79 Å². The third kappa shape index (κ3) is 5.05. The summed E-state index contributed by atoms with van der Waals surface area (Å²) in [6, 6.07) is 14.1. The van der Waals surface area contributed by atoms with Crippen LogP contribution in [0.5, 0.6) is 5.75 Å². The van der Waals surface area contributed by atoms with E-state index in [4.69, 9.17) is 4.74 Å². The lowest BCUT2D eigenvalue weighted by Gasteiger charge is -2.09. The van der Waals surface area contributed by atoms with Crippen LogP contribution in [0.3, 0.4) is 0 Å². The van der Waals surface area contributed by atoms with Gasteiger partial charge in [-0.1, -0.05) is 18.2 Å². The first-order valence-electron chi connectivity index (χ1n) is 6.77. The second-order valence-corrected chi connectivity index (χ2v) is 8.59. The van der Waals surface area contributed by atoms with Gasteiger partial charge in [0.15, 0.2) is 9.84 Å². The molecule has 0 saturated heterocycles. The average Bonchev–Trinajstić information content (AvgIpc) is 2.52. The van der Waals surface area contributed by atoms with Gasteiger partial charge in [0.2, 0.25) is 10.0 Å².